The van der Waals surface area contributed by atoms with Crippen LogP contribution in [0.1, 0.15) is 41.3 Å². The van der Waals surface area contributed by atoms with Crippen molar-refractivity contribution in [2.75, 3.05) is 6.54 Å². The van der Waals surface area contributed by atoms with Gasteiger partial charge in [-0.25, -0.2) is 4.98 Å². The van der Waals surface area contributed by atoms with Gasteiger partial charge in [0.1, 0.15) is 0 Å². The van der Waals surface area contributed by atoms with Gasteiger partial charge in [-0.1, -0.05) is 6.92 Å². The standard InChI is InChI=1S/C15H21N3S/c1-4-6-16-14(9-15-18-12(3)10-19-15)13-8-11(2)5-7-17-13/h5,7-8,10,14,16H,4,6,9H2,1-3H3. The molecule has 0 radical (unpaired) electrons. The SMILES string of the molecule is CCCNC(Cc1nc(C)cs1)c1cc(C)ccn1. The molecule has 0 aliphatic carbocycles. The lowest BCUT2D eigenvalue weighted by atomic mass is 10.1. The highest BCUT2D eigenvalue weighted by Gasteiger charge is 2.14. The van der Waals surface area contributed by atoms with Crippen LogP contribution in [0.15, 0.2) is 23.7 Å². The summed E-state index contributed by atoms with van der Waals surface area (Å²) in [4.78, 5) is 9.07. The van der Waals surface area contributed by atoms with Crippen LogP contribution in [0.3, 0.4) is 0 Å². The predicted octanol–water partition coefficient (Wildman–Crippen LogP) is 3.44. The van der Waals surface area contributed by atoms with Gasteiger partial charge < -0.3 is 5.32 Å². The van der Waals surface area contributed by atoms with E-state index in [1.54, 1.807) is 11.3 Å². The minimum Gasteiger partial charge on any atom is -0.308 e. The van der Waals surface area contributed by atoms with Gasteiger partial charge in [0.25, 0.3) is 0 Å². The van der Waals surface area contributed by atoms with Crippen LogP contribution in [0.5, 0.6) is 0 Å². The second-order valence-corrected chi connectivity index (χ2v) is 5.79. The molecule has 1 N–H and O–H groups in total. The van der Waals surface area contributed by atoms with Crippen LogP contribution in [-0.2, 0) is 6.42 Å². The highest BCUT2D eigenvalue weighted by Crippen LogP contribution is 2.20. The Bertz CT molecular complexity index is 522. The molecule has 19 heavy (non-hydrogen) atoms. The summed E-state index contributed by atoms with van der Waals surface area (Å²) in [6.45, 7) is 7.33. The Kier molecular flexibility index (Phi) is 5.05. The molecule has 2 heterocycles. The number of hydrogen-bond acceptors (Lipinski definition) is 4. The first-order chi connectivity index (χ1) is 9.19. The van der Waals surface area contributed by atoms with E-state index in [4.69, 9.17) is 0 Å². The van der Waals surface area contributed by atoms with Crippen molar-refractivity contribution in [1.82, 2.24) is 15.3 Å². The molecule has 0 aromatic carbocycles. The Labute approximate surface area is 119 Å². The maximum atomic E-state index is 4.56. The zero-order valence-corrected chi connectivity index (χ0v) is 12.6. The fourth-order valence-corrected chi connectivity index (χ4v) is 2.84. The monoisotopic (exact) mass is 275 g/mol. The van der Waals surface area contributed by atoms with Crippen LogP contribution in [0.2, 0.25) is 0 Å². The summed E-state index contributed by atoms with van der Waals surface area (Å²) < 4.78 is 0. The summed E-state index contributed by atoms with van der Waals surface area (Å²) in [5.41, 5.74) is 3.47. The summed E-state index contributed by atoms with van der Waals surface area (Å²) in [5, 5.41) is 6.86. The zero-order chi connectivity index (χ0) is 13.7. The summed E-state index contributed by atoms with van der Waals surface area (Å²) in [7, 11) is 0. The first kappa shape index (κ1) is 14.2. The molecule has 4 heteroatoms. The largest absolute Gasteiger partial charge is 0.308 e. The maximum Gasteiger partial charge on any atom is 0.0947 e. The number of hydrogen-bond donors (Lipinski definition) is 1. The van der Waals surface area contributed by atoms with E-state index in [9.17, 15) is 0 Å². The molecule has 0 fully saturated rings. The van der Waals surface area contributed by atoms with Crippen LogP contribution in [-0.4, -0.2) is 16.5 Å². The van der Waals surface area contributed by atoms with Crippen molar-refractivity contribution in [1.29, 1.82) is 0 Å². The van der Waals surface area contributed by atoms with Gasteiger partial charge >= 0.3 is 0 Å². The molecule has 2 aromatic heterocycles. The highest BCUT2D eigenvalue weighted by molar-refractivity contribution is 7.09. The number of aromatic nitrogens is 2. The van der Waals surface area contributed by atoms with Gasteiger partial charge in [0.05, 0.1) is 16.7 Å². The normalized spacial score (nSPS) is 12.6. The molecule has 102 valence electrons. The Morgan fingerprint density at radius 2 is 2.21 bits per heavy atom. The highest BCUT2D eigenvalue weighted by atomic mass is 32.1. The van der Waals surface area contributed by atoms with Crippen molar-refractivity contribution >= 4 is 11.3 Å². The number of aryl methyl sites for hydroxylation is 2. The topological polar surface area (TPSA) is 37.8 Å². The average molecular weight is 275 g/mol. The number of thiazole rings is 1. The Hall–Kier alpha value is -1.26. The molecule has 0 saturated heterocycles. The third-order valence-corrected chi connectivity index (χ3v) is 3.97. The molecule has 0 aliphatic rings. The van der Waals surface area contributed by atoms with Crippen LogP contribution in [0.25, 0.3) is 0 Å². The smallest absolute Gasteiger partial charge is 0.0947 e. The fourth-order valence-electron chi connectivity index (χ4n) is 2.02. The quantitative estimate of drug-likeness (QED) is 0.877. The average Bonchev–Trinajstić information content (AvgIpc) is 2.80. The van der Waals surface area contributed by atoms with Crippen molar-refractivity contribution in [2.45, 2.75) is 39.7 Å². The van der Waals surface area contributed by atoms with Crippen LogP contribution >= 0.6 is 11.3 Å². The van der Waals surface area contributed by atoms with Gasteiger partial charge in [-0.3, -0.25) is 4.98 Å². The van der Waals surface area contributed by atoms with E-state index >= 15 is 0 Å². The van der Waals surface area contributed by atoms with Crippen molar-refractivity contribution in [2.24, 2.45) is 0 Å². The number of nitrogens with one attached hydrogen (secondary N) is 1. The van der Waals surface area contributed by atoms with E-state index in [2.05, 4.69) is 40.6 Å². The molecular weight excluding hydrogens is 254 g/mol. The third kappa shape index (κ3) is 4.11. The van der Waals surface area contributed by atoms with E-state index in [1.165, 1.54) is 10.6 Å². The van der Waals surface area contributed by atoms with Crippen molar-refractivity contribution in [3.05, 3.63) is 45.7 Å². The molecular formula is C15H21N3S. The molecule has 2 rings (SSSR count). The lowest BCUT2D eigenvalue weighted by Crippen LogP contribution is -2.25. The first-order valence-electron chi connectivity index (χ1n) is 6.76. The molecule has 0 saturated carbocycles. The Balaban J connectivity index is 2.15. The molecule has 3 nitrogen and oxygen atoms in total. The minimum absolute atomic E-state index is 0.255. The molecule has 2 aromatic rings. The minimum atomic E-state index is 0.255. The van der Waals surface area contributed by atoms with Gasteiger partial charge in [-0.15, -0.1) is 11.3 Å². The van der Waals surface area contributed by atoms with Crippen molar-refractivity contribution in [3.8, 4) is 0 Å². The van der Waals surface area contributed by atoms with Crippen molar-refractivity contribution in [3.63, 3.8) is 0 Å². The number of pyridine rings is 1. The van der Waals surface area contributed by atoms with Crippen molar-refractivity contribution < 1.29 is 0 Å². The van der Waals surface area contributed by atoms with Gasteiger partial charge in [-0.05, 0) is 44.5 Å². The number of nitrogens with zero attached hydrogens (tertiary/aromatic N) is 2. The van der Waals surface area contributed by atoms with E-state index in [1.807, 2.05) is 19.2 Å². The molecule has 0 amide bonds. The molecule has 0 aliphatic heterocycles. The van der Waals surface area contributed by atoms with Crippen LogP contribution < -0.4 is 5.32 Å². The molecule has 0 bridgehead atoms. The van der Waals surface area contributed by atoms with Crippen LogP contribution in [0.4, 0.5) is 0 Å². The maximum absolute atomic E-state index is 4.56. The molecule has 1 atom stereocenters. The summed E-state index contributed by atoms with van der Waals surface area (Å²) >= 11 is 1.73. The fraction of sp³-hybridized carbons (Fsp3) is 0.467. The predicted molar refractivity (Wildman–Crippen MR) is 80.6 cm³/mol. The Morgan fingerprint density at radius 1 is 1.37 bits per heavy atom. The zero-order valence-electron chi connectivity index (χ0n) is 11.8. The van der Waals surface area contributed by atoms with Gasteiger partial charge in [0.2, 0.25) is 0 Å². The lowest BCUT2D eigenvalue weighted by molar-refractivity contribution is 0.516. The van der Waals surface area contributed by atoms with E-state index in [0.717, 1.165) is 30.8 Å². The van der Waals surface area contributed by atoms with E-state index in [0.29, 0.717) is 0 Å². The van der Waals surface area contributed by atoms with Gasteiger partial charge in [0.15, 0.2) is 0 Å². The molecule has 1 unspecified atom stereocenters. The van der Waals surface area contributed by atoms with Crippen LogP contribution in [0, 0.1) is 13.8 Å². The second kappa shape index (κ2) is 6.78. The first-order valence-corrected chi connectivity index (χ1v) is 7.64. The summed E-state index contributed by atoms with van der Waals surface area (Å²) in [6.07, 6.45) is 3.92. The van der Waals surface area contributed by atoms with Gasteiger partial charge in [0, 0.05) is 23.7 Å². The molecule has 0 spiro atoms. The lowest BCUT2D eigenvalue weighted by Gasteiger charge is -2.17. The van der Waals surface area contributed by atoms with Gasteiger partial charge in [-0.2, -0.15) is 0 Å². The summed E-state index contributed by atoms with van der Waals surface area (Å²) in [6, 6.07) is 4.45. The summed E-state index contributed by atoms with van der Waals surface area (Å²) in [5.74, 6) is 0. The third-order valence-electron chi connectivity index (χ3n) is 2.98. The van der Waals surface area contributed by atoms with E-state index in [-0.39, 0.29) is 6.04 Å². The Morgan fingerprint density at radius 3 is 2.84 bits per heavy atom. The second-order valence-electron chi connectivity index (χ2n) is 4.85. The van der Waals surface area contributed by atoms with E-state index < -0.39 is 0 Å². The number of rotatable bonds is 6.